The van der Waals surface area contributed by atoms with Gasteiger partial charge in [-0.1, -0.05) is 20.8 Å². The monoisotopic (exact) mass is 353 g/mol. The van der Waals surface area contributed by atoms with Gasteiger partial charge in [0.15, 0.2) is 5.96 Å². The Morgan fingerprint density at radius 2 is 1.83 bits per heavy atom. The molecule has 0 unspecified atom stereocenters. The highest BCUT2D eigenvalue weighted by atomic mass is 32.1. The highest BCUT2D eigenvalue weighted by molar-refractivity contribution is 7.11. The minimum atomic E-state index is 0.869. The first-order valence-corrected chi connectivity index (χ1v) is 10.2. The first-order chi connectivity index (χ1) is 11.7. The number of aromatic nitrogens is 1. The fourth-order valence-electron chi connectivity index (χ4n) is 2.61. The van der Waals surface area contributed by atoms with Crippen LogP contribution in [0.25, 0.3) is 0 Å². The molecular weight excluding hydrogens is 318 g/mol. The van der Waals surface area contributed by atoms with Crippen LogP contribution in [0.3, 0.4) is 0 Å². The maximum atomic E-state index is 4.45. The Kier molecular flexibility index (Phi) is 11.5. The standard InChI is InChI=1S/C18H35N5S/c1-5-12-23(13-6-2)14-8-10-20-18(19-4)21-11-9-17-22-15-16(7-3)24-17/h15H,5-14H2,1-4H3,(H2,19,20,21). The molecule has 1 heterocycles. The third-order valence-corrected chi connectivity index (χ3v) is 5.03. The molecule has 24 heavy (non-hydrogen) atoms. The average molecular weight is 354 g/mol. The molecule has 0 aromatic carbocycles. The molecule has 1 aromatic rings. The Hall–Kier alpha value is -1.14. The zero-order valence-corrected chi connectivity index (χ0v) is 16.7. The SMILES string of the molecule is CCCN(CCC)CCCNC(=NC)NCCc1ncc(CC)s1. The fourth-order valence-corrected chi connectivity index (χ4v) is 3.47. The van der Waals surface area contributed by atoms with Crippen molar-refractivity contribution in [2.75, 3.05) is 39.8 Å². The van der Waals surface area contributed by atoms with Gasteiger partial charge in [0.2, 0.25) is 0 Å². The van der Waals surface area contributed by atoms with Crippen LogP contribution in [0.4, 0.5) is 0 Å². The largest absolute Gasteiger partial charge is 0.356 e. The average Bonchev–Trinajstić information content (AvgIpc) is 3.05. The summed E-state index contributed by atoms with van der Waals surface area (Å²) in [5, 5.41) is 7.98. The minimum absolute atomic E-state index is 0.869. The summed E-state index contributed by atoms with van der Waals surface area (Å²) in [5.41, 5.74) is 0. The summed E-state index contributed by atoms with van der Waals surface area (Å²) in [6.45, 7) is 12.1. The summed E-state index contributed by atoms with van der Waals surface area (Å²) in [6.07, 6.45) is 7.62. The molecule has 138 valence electrons. The summed E-state index contributed by atoms with van der Waals surface area (Å²) in [6, 6.07) is 0. The van der Waals surface area contributed by atoms with Crippen LogP contribution in [-0.2, 0) is 12.8 Å². The van der Waals surface area contributed by atoms with E-state index < -0.39 is 0 Å². The van der Waals surface area contributed by atoms with Crippen LogP contribution in [0.15, 0.2) is 11.2 Å². The first kappa shape index (κ1) is 20.9. The van der Waals surface area contributed by atoms with E-state index in [1.165, 1.54) is 35.8 Å². The summed E-state index contributed by atoms with van der Waals surface area (Å²) in [4.78, 5) is 12.7. The molecule has 0 aliphatic carbocycles. The number of nitrogens with one attached hydrogen (secondary N) is 2. The quantitative estimate of drug-likeness (QED) is 0.345. The van der Waals surface area contributed by atoms with E-state index in [0.717, 1.165) is 44.9 Å². The van der Waals surface area contributed by atoms with E-state index in [0.29, 0.717) is 0 Å². The Morgan fingerprint density at radius 3 is 2.42 bits per heavy atom. The lowest BCUT2D eigenvalue weighted by molar-refractivity contribution is 0.271. The molecule has 2 N–H and O–H groups in total. The molecular formula is C18H35N5S. The Bertz CT molecular complexity index is 452. The van der Waals surface area contributed by atoms with Gasteiger partial charge in [0.05, 0.1) is 5.01 Å². The minimum Gasteiger partial charge on any atom is -0.356 e. The van der Waals surface area contributed by atoms with Gasteiger partial charge in [-0.2, -0.15) is 0 Å². The maximum Gasteiger partial charge on any atom is 0.190 e. The Morgan fingerprint density at radius 1 is 1.12 bits per heavy atom. The van der Waals surface area contributed by atoms with E-state index in [4.69, 9.17) is 0 Å². The molecule has 0 saturated heterocycles. The second-order valence-corrected chi connectivity index (χ2v) is 7.14. The van der Waals surface area contributed by atoms with Crippen molar-refractivity contribution < 1.29 is 0 Å². The van der Waals surface area contributed by atoms with E-state index in [-0.39, 0.29) is 0 Å². The van der Waals surface area contributed by atoms with Gasteiger partial charge in [0.25, 0.3) is 0 Å². The normalized spacial score (nSPS) is 12.0. The van der Waals surface area contributed by atoms with Crippen LogP contribution in [-0.4, -0.2) is 55.6 Å². The lowest BCUT2D eigenvalue weighted by atomic mass is 10.3. The maximum absolute atomic E-state index is 4.45. The topological polar surface area (TPSA) is 52.5 Å². The summed E-state index contributed by atoms with van der Waals surface area (Å²) < 4.78 is 0. The van der Waals surface area contributed by atoms with E-state index in [2.05, 4.69) is 46.3 Å². The van der Waals surface area contributed by atoms with Crippen LogP contribution < -0.4 is 10.6 Å². The van der Waals surface area contributed by atoms with Crippen molar-refractivity contribution in [2.45, 2.75) is 52.9 Å². The molecule has 0 aliphatic rings. The highest BCUT2D eigenvalue weighted by Crippen LogP contribution is 2.13. The first-order valence-electron chi connectivity index (χ1n) is 9.33. The van der Waals surface area contributed by atoms with Crippen LogP contribution in [0.5, 0.6) is 0 Å². The van der Waals surface area contributed by atoms with Crippen molar-refractivity contribution in [1.29, 1.82) is 0 Å². The number of rotatable bonds is 12. The second-order valence-electron chi connectivity index (χ2n) is 5.94. The molecule has 0 radical (unpaired) electrons. The predicted octanol–water partition coefficient (Wildman–Crippen LogP) is 2.93. The highest BCUT2D eigenvalue weighted by Gasteiger charge is 2.04. The number of aryl methyl sites for hydroxylation is 1. The Labute approximate surface area is 152 Å². The van der Waals surface area contributed by atoms with Gasteiger partial charge >= 0.3 is 0 Å². The number of thiazole rings is 1. The van der Waals surface area contributed by atoms with Crippen LogP contribution in [0, 0.1) is 0 Å². The van der Waals surface area contributed by atoms with E-state index in [1.54, 1.807) is 0 Å². The van der Waals surface area contributed by atoms with Gasteiger partial charge in [-0.25, -0.2) is 4.98 Å². The van der Waals surface area contributed by atoms with Crippen LogP contribution >= 0.6 is 11.3 Å². The molecule has 0 fully saturated rings. The molecule has 0 amide bonds. The molecule has 5 nitrogen and oxygen atoms in total. The van der Waals surface area contributed by atoms with Crippen molar-refractivity contribution >= 4 is 17.3 Å². The van der Waals surface area contributed by atoms with E-state index in [9.17, 15) is 0 Å². The Balaban J connectivity index is 2.18. The van der Waals surface area contributed by atoms with Crippen molar-refractivity contribution in [1.82, 2.24) is 20.5 Å². The van der Waals surface area contributed by atoms with Gasteiger partial charge in [0, 0.05) is 37.6 Å². The number of hydrogen-bond acceptors (Lipinski definition) is 4. The van der Waals surface area contributed by atoms with E-state index >= 15 is 0 Å². The van der Waals surface area contributed by atoms with Crippen molar-refractivity contribution in [2.24, 2.45) is 4.99 Å². The van der Waals surface area contributed by atoms with Gasteiger partial charge in [-0.15, -0.1) is 11.3 Å². The fraction of sp³-hybridized carbons (Fsp3) is 0.778. The van der Waals surface area contributed by atoms with Gasteiger partial charge in [-0.3, -0.25) is 4.99 Å². The third kappa shape index (κ3) is 8.64. The number of hydrogen-bond donors (Lipinski definition) is 2. The van der Waals surface area contributed by atoms with Crippen molar-refractivity contribution in [3.05, 3.63) is 16.1 Å². The molecule has 6 heteroatoms. The van der Waals surface area contributed by atoms with Crippen LogP contribution in [0.2, 0.25) is 0 Å². The molecule has 1 aromatic heterocycles. The van der Waals surface area contributed by atoms with Crippen molar-refractivity contribution in [3.63, 3.8) is 0 Å². The van der Waals surface area contributed by atoms with Crippen LogP contribution in [0.1, 0.15) is 49.9 Å². The lowest BCUT2D eigenvalue weighted by Crippen LogP contribution is -2.39. The number of guanidine groups is 1. The zero-order valence-electron chi connectivity index (χ0n) is 15.9. The summed E-state index contributed by atoms with van der Waals surface area (Å²) >= 11 is 1.81. The lowest BCUT2D eigenvalue weighted by Gasteiger charge is -2.21. The summed E-state index contributed by atoms with van der Waals surface area (Å²) in [7, 11) is 1.83. The predicted molar refractivity (Wildman–Crippen MR) is 106 cm³/mol. The van der Waals surface area contributed by atoms with Gasteiger partial charge in [-0.05, 0) is 45.3 Å². The number of nitrogens with zero attached hydrogens (tertiary/aromatic N) is 3. The summed E-state index contributed by atoms with van der Waals surface area (Å²) in [5.74, 6) is 0.889. The van der Waals surface area contributed by atoms with Gasteiger partial charge in [0.1, 0.15) is 0 Å². The molecule has 1 rings (SSSR count). The number of aliphatic imine (C=N–C) groups is 1. The zero-order chi connectivity index (χ0) is 17.6. The molecule has 0 spiro atoms. The molecule has 0 aliphatic heterocycles. The second kappa shape index (κ2) is 13.2. The molecule has 0 bridgehead atoms. The van der Waals surface area contributed by atoms with Gasteiger partial charge < -0.3 is 15.5 Å². The molecule has 0 atom stereocenters. The van der Waals surface area contributed by atoms with E-state index in [1.807, 2.05) is 24.6 Å². The third-order valence-electron chi connectivity index (χ3n) is 3.83. The molecule has 0 saturated carbocycles. The smallest absolute Gasteiger partial charge is 0.190 e. The van der Waals surface area contributed by atoms with Crippen molar-refractivity contribution in [3.8, 4) is 0 Å².